The first kappa shape index (κ1) is 19.7. The van der Waals surface area contributed by atoms with Crippen LogP contribution in [0.1, 0.15) is 24.0 Å². The average molecular weight is 416 g/mol. The largest absolute Gasteiger partial charge is 0.495 e. The molecule has 8 heteroatoms. The molecule has 0 radical (unpaired) electrons. The summed E-state index contributed by atoms with van der Waals surface area (Å²) in [6.07, 6.45) is 0.707. The Balaban J connectivity index is 1.54. The van der Waals surface area contributed by atoms with Crippen molar-refractivity contribution in [2.24, 2.45) is 0 Å². The molecule has 0 atom stereocenters. The number of carbonyl (C=O) groups excluding carboxylic acids is 1. The molecule has 2 aliphatic rings. The molecular weight excluding hydrogens is 392 g/mol. The Morgan fingerprint density at radius 1 is 1.10 bits per heavy atom. The molecule has 2 aliphatic heterocycles. The monoisotopic (exact) mass is 416 g/mol. The number of hydrogen-bond donors (Lipinski definition) is 0. The van der Waals surface area contributed by atoms with Crippen molar-refractivity contribution in [2.45, 2.75) is 37.3 Å². The Kier molecular flexibility index (Phi) is 5.23. The minimum absolute atomic E-state index is 0.102. The van der Waals surface area contributed by atoms with Gasteiger partial charge in [0.1, 0.15) is 17.3 Å². The van der Waals surface area contributed by atoms with E-state index in [4.69, 9.17) is 9.47 Å². The molecule has 0 N–H and O–H groups in total. The van der Waals surface area contributed by atoms with Crippen LogP contribution in [0, 0.1) is 6.92 Å². The number of aryl methyl sites for hydroxylation is 1. The van der Waals surface area contributed by atoms with Gasteiger partial charge in [0.15, 0.2) is 0 Å². The number of fused-ring (bicyclic) bond motifs is 1. The summed E-state index contributed by atoms with van der Waals surface area (Å²) in [6.45, 7) is 2.82. The lowest BCUT2D eigenvalue weighted by atomic mass is 10.0. The van der Waals surface area contributed by atoms with Crippen molar-refractivity contribution in [1.29, 1.82) is 0 Å². The third kappa shape index (κ3) is 3.58. The van der Waals surface area contributed by atoms with Gasteiger partial charge in [0.25, 0.3) is 0 Å². The van der Waals surface area contributed by atoms with Crippen molar-refractivity contribution in [3.05, 3.63) is 53.6 Å². The van der Waals surface area contributed by atoms with E-state index in [0.717, 1.165) is 16.8 Å². The van der Waals surface area contributed by atoms with E-state index >= 15 is 0 Å². The molecule has 4 rings (SSSR count). The predicted molar refractivity (Wildman–Crippen MR) is 109 cm³/mol. The lowest BCUT2D eigenvalue weighted by Gasteiger charge is -2.39. The van der Waals surface area contributed by atoms with Gasteiger partial charge in [-0.1, -0.05) is 24.3 Å². The summed E-state index contributed by atoms with van der Waals surface area (Å²) in [6, 6.07) is 12.6. The van der Waals surface area contributed by atoms with E-state index in [1.807, 2.05) is 31.2 Å². The lowest BCUT2D eigenvalue weighted by molar-refractivity contribution is 0.136. The van der Waals surface area contributed by atoms with Gasteiger partial charge in [-0.25, -0.2) is 13.2 Å². The maximum absolute atomic E-state index is 13.2. The summed E-state index contributed by atoms with van der Waals surface area (Å²) < 4.78 is 38.4. The van der Waals surface area contributed by atoms with Crippen molar-refractivity contribution in [2.75, 3.05) is 25.1 Å². The number of ether oxygens (including phenoxy) is 2. The van der Waals surface area contributed by atoms with Crippen LogP contribution in [0.2, 0.25) is 0 Å². The van der Waals surface area contributed by atoms with Gasteiger partial charge in [0, 0.05) is 24.7 Å². The van der Waals surface area contributed by atoms with Crippen LogP contribution in [0.3, 0.4) is 0 Å². The fourth-order valence-corrected chi connectivity index (χ4v) is 5.59. The molecule has 1 fully saturated rings. The van der Waals surface area contributed by atoms with E-state index in [0.29, 0.717) is 31.7 Å². The number of hydrogen-bond acceptors (Lipinski definition) is 5. The van der Waals surface area contributed by atoms with Crippen molar-refractivity contribution in [1.82, 2.24) is 4.31 Å². The molecule has 0 aromatic heterocycles. The molecule has 154 valence electrons. The SMILES string of the molecule is COc1cc(C)ccc1S(=O)(=O)N1CCC(N2C(=O)OCc3ccccc32)CC1. The van der Waals surface area contributed by atoms with Crippen LogP contribution < -0.4 is 9.64 Å². The number of anilines is 1. The number of nitrogens with zero attached hydrogens (tertiary/aromatic N) is 2. The van der Waals surface area contributed by atoms with Gasteiger partial charge < -0.3 is 9.47 Å². The zero-order chi connectivity index (χ0) is 20.6. The van der Waals surface area contributed by atoms with Crippen LogP contribution >= 0.6 is 0 Å². The number of amides is 1. The lowest BCUT2D eigenvalue weighted by Crippen LogP contribution is -2.50. The fourth-order valence-electron chi connectivity index (χ4n) is 3.99. The van der Waals surface area contributed by atoms with E-state index in [9.17, 15) is 13.2 Å². The van der Waals surface area contributed by atoms with Gasteiger partial charge in [0.05, 0.1) is 12.8 Å². The topological polar surface area (TPSA) is 76.2 Å². The highest BCUT2D eigenvalue weighted by atomic mass is 32.2. The van der Waals surface area contributed by atoms with Crippen molar-refractivity contribution in [3.63, 3.8) is 0 Å². The average Bonchev–Trinajstić information content (AvgIpc) is 2.73. The number of benzene rings is 2. The van der Waals surface area contributed by atoms with Gasteiger partial charge in [0.2, 0.25) is 10.0 Å². The maximum atomic E-state index is 13.2. The van der Waals surface area contributed by atoms with Crippen LogP contribution in [0.4, 0.5) is 10.5 Å². The van der Waals surface area contributed by atoms with E-state index in [-0.39, 0.29) is 23.6 Å². The quantitative estimate of drug-likeness (QED) is 0.764. The molecule has 1 saturated heterocycles. The Bertz CT molecular complexity index is 1030. The smallest absolute Gasteiger partial charge is 0.414 e. The van der Waals surface area contributed by atoms with E-state index in [2.05, 4.69) is 0 Å². The molecule has 2 heterocycles. The minimum Gasteiger partial charge on any atom is -0.495 e. The Morgan fingerprint density at radius 3 is 2.55 bits per heavy atom. The number of cyclic esters (lactones) is 1. The fraction of sp³-hybridized carbons (Fsp3) is 0.381. The van der Waals surface area contributed by atoms with Crippen LogP contribution in [-0.4, -0.2) is 45.1 Å². The van der Waals surface area contributed by atoms with Gasteiger partial charge in [-0.05, 0) is 43.5 Å². The zero-order valence-electron chi connectivity index (χ0n) is 16.5. The first-order valence-corrected chi connectivity index (χ1v) is 11.0. The highest BCUT2D eigenvalue weighted by molar-refractivity contribution is 7.89. The summed E-state index contributed by atoms with van der Waals surface area (Å²) in [5.74, 6) is 0.348. The maximum Gasteiger partial charge on any atom is 0.414 e. The summed E-state index contributed by atoms with van der Waals surface area (Å²) >= 11 is 0. The minimum atomic E-state index is -3.68. The Morgan fingerprint density at radius 2 is 1.83 bits per heavy atom. The number of methoxy groups -OCH3 is 1. The molecule has 2 aromatic carbocycles. The van der Waals surface area contributed by atoms with Gasteiger partial charge >= 0.3 is 6.09 Å². The molecule has 0 aliphatic carbocycles. The predicted octanol–water partition coefficient (Wildman–Crippen LogP) is 3.31. The summed E-state index contributed by atoms with van der Waals surface area (Å²) in [7, 11) is -2.20. The molecule has 0 bridgehead atoms. The van der Waals surface area contributed by atoms with E-state index < -0.39 is 10.0 Å². The highest BCUT2D eigenvalue weighted by Crippen LogP contribution is 2.34. The number of carbonyl (C=O) groups is 1. The molecule has 0 saturated carbocycles. The number of para-hydroxylation sites is 1. The molecular formula is C21H24N2O5S. The number of piperidine rings is 1. The normalized spacial score (nSPS) is 18.3. The molecule has 0 unspecified atom stereocenters. The van der Waals surface area contributed by atoms with Crippen LogP contribution in [-0.2, 0) is 21.4 Å². The van der Waals surface area contributed by atoms with E-state index in [1.54, 1.807) is 23.1 Å². The molecule has 29 heavy (non-hydrogen) atoms. The van der Waals surface area contributed by atoms with Crippen molar-refractivity contribution < 1.29 is 22.7 Å². The molecule has 2 aromatic rings. The Hall–Kier alpha value is -2.58. The first-order valence-electron chi connectivity index (χ1n) is 9.60. The van der Waals surface area contributed by atoms with Gasteiger partial charge in [-0.2, -0.15) is 4.31 Å². The van der Waals surface area contributed by atoms with Gasteiger partial charge in [-0.3, -0.25) is 4.90 Å². The van der Waals surface area contributed by atoms with Crippen LogP contribution in [0.15, 0.2) is 47.4 Å². The Labute approximate surface area is 170 Å². The first-order chi connectivity index (χ1) is 13.9. The zero-order valence-corrected chi connectivity index (χ0v) is 17.3. The second-order valence-electron chi connectivity index (χ2n) is 7.34. The summed E-state index contributed by atoms with van der Waals surface area (Å²) in [5.41, 5.74) is 2.75. The molecule has 0 spiro atoms. The third-order valence-corrected chi connectivity index (χ3v) is 7.46. The second-order valence-corrected chi connectivity index (χ2v) is 9.25. The third-order valence-electron chi connectivity index (χ3n) is 5.52. The van der Waals surface area contributed by atoms with Crippen molar-refractivity contribution in [3.8, 4) is 5.75 Å². The summed E-state index contributed by atoms with van der Waals surface area (Å²) in [4.78, 5) is 14.3. The van der Waals surface area contributed by atoms with E-state index in [1.165, 1.54) is 11.4 Å². The van der Waals surface area contributed by atoms with Crippen LogP contribution in [0.25, 0.3) is 0 Å². The van der Waals surface area contributed by atoms with Crippen LogP contribution in [0.5, 0.6) is 5.75 Å². The molecule has 1 amide bonds. The number of sulfonamides is 1. The van der Waals surface area contributed by atoms with Gasteiger partial charge in [-0.15, -0.1) is 0 Å². The number of rotatable bonds is 4. The molecule has 7 nitrogen and oxygen atoms in total. The summed E-state index contributed by atoms with van der Waals surface area (Å²) in [5, 5.41) is 0. The standard InChI is InChI=1S/C21H24N2O5S/c1-15-7-8-20(19(13-15)27-2)29(25,26)22-11-9-17(10-12-22)23-18-6-4-3-5-16(18)14-28-21(23)24/h3-8,13,17H,9-12,14H2,1-2H3. The highest BCUT2D eigenvalue weighted by Gasteiger charge is 2.37. The second kappa shape index (κ2) is 7.68. The van der Waals surface area contributed by atoms with Crippen molar-refractivity contribution >= 4 is 21.8 Å².